The lowest BCUT2D eigenvalue weighted by atomic mass is 10.2. The van der Waals surface area contributed by atoms with Crippen molar-refractivity contribution in [2.45, 2.75) is 19.8 Å². The molecule has 0 fully saturated rings. The Kier molecular flexibility index (Phi) is 7.04. The molecule has 0 saturated carbocycles. The van der Waals surface area contributed by atoms with Crippen LogP contribution >= 0.6 is 0 Å². The number of aliphatic hydroxyl groups is 1. The molecule has 0 saturated heterocycles. The Bertz CT molecular complexity index is 466. The van der Waals surface area contributed by atoms with Crippen molar-refractivity contribution >= 4 is 11.6 Å². The van der Waals surface area contributed by atoms with Gasteiger partial charge in [0.15, 0.2) is 5.69 Å². The molecule has 0 aliphatic rings. The first-order chi connectivity index (χ1) is 10.0. The SMILES string of the molecule is CNc1cnc(C(C)C)nc1C(=O)N(CCO)CCOC. The Labute approximate surface area is 125 Å². The van der Waals surface area contributed by atoms with Gasteiger partial charge in [0.25, 0.3) is 5.91 Å². The molecule has 118 valence electrons. The first-order valence-corrected chi connectivity index (χ1v) is 6.98. The fraction of sp³-hybridized carbons (Fsp3) is 0.643. The molecule has 0 spiro atoms. The van der Waals surface area contributed by atoms with Gasteiger partial charge in [0.05, 0.1) is 25.1 Å². The summed E-state index contributed by atoms with van der Waals surface area (Å²) in [5.74, 6) is 0.510. The number of anilines is 1. The summed E-state index contributed by atoms with van der Waals surface area (Å²) in [6.45, 7) is 4.89. The highest BCUT2D eigenvalue weighted by Gasteiger charge is 2.21. The average molecular weight is 296 g/mol. The van der Waals surface area contributed by atoms with E-state index >= 15 is 0 Å². The van der Waals surface area contributed by atoms with Crippen molar-refractivity contribution in [2.24, 2.45) is 0 Å². The minimum absolute atomic E-state index is 0.105. The second-order valence-corrected chi connectivity index (χ2v) is 4.90. The standard InChI is InChI=1S/C14H24N4O3/c1-10(2)13-16-9-11(15-3)12(17-13)14(20)18(5-7-19)6-8-21-4/h9-10,15,19H,5-8H2,1-4H3. The lowest BCUT2D eigenvalue weighted by Gasteiger charge is -2.22. The molecule has 2 N–H and O–H groups in total. The summed E-state index contributed by atoms with van der Waals surface area (Å²) in [5.41, 5.74) is 0.894. The van der Waals surface area contributed by atoms with Gasteiger partial charge in [0.1, 0.15) is 5.82 Å². The molecule has 1 heterocycles. The number of hydrogen-bond acceptors (Lipinski definition) is 6. The monoisotopic (exact) mass is 296 g/mol. The second-order valence-electron chi connectivity index (χ2n) is 4.90. The normalized spacial score (nSPS) is 10.8. The van der Waals surface area contributed by atoms with Crippen molar-refractivity contribution in [3.8, 4) is 0 Å². The fourth-order valence-electron chi connectivity index (χ4n) is 1.81. The highest BCUT2D eigenvalue weighted by atomic mass is 16.5. The van der Waals surface area contributed by atoms with Gasteiger partial charge in [0, 0.05) is 33.2 Å². The molecule has 1 rings (SSSR count). The van der Waals surface area contributed by atoms with Gasteiger partial charge in [-0.1, -0.05) is 13.8 Å². The van der Waals surface area contributed by atoms with E-state index in [-0.39, 0.29) is 25.0 Å². The maximum Gasteiger partial charge on any atom is 0.274 e. The van der Waals surface area contributed by atoms with Crippen LogP contribution in [0.5, 0.6) is 0 Å². The van der Waals surface area contributed by atoms with Gasteiger partial charge in [-0.15, -0.1) is 0 Å². The predicted octanol–water partition coefficient (Wildman–Crippen LogP) is 0.723. The van der Waals surface area contributed by atoms with Crippen LogP contribution in [0.15, 0.2) is 6.20 Å². The zero-order valence-electron chi connectivity index (χ0n) is 13.1. The van der Waals surface area contributed by atoms with Gasteiger partial charge in [-0.25, -0.2) is 9.97 Å². The molecule has 0 aliphatic heterocycles. The number of nitrogens with zero attached hydrogens (tertiary/aromatic N) is 3. The Morgan fingerprint density at radius 3 is 2.71 bits per heavy atom. The maximum absolute atomic E-state index is 12.6. The molecule has 0 aliphatic carbocycles. The molecule has 1 aromatic rings. The van der Waals surface area contributed by atoms with E-state index in [0.717, 1.165) is 0 Å². The van der Waals surface area contributed by atoms with Crippen molar-refractivity contribution in [3.63, 3.8) is 0 Å². The van der Waals surface area contributed by atoms with E-state index in [1.165, 1.54) is 4.90 Å². The van der Waals surface area contributed by atoms with Crippen LogP contribution in [0.3, 0.4) is 0 Å². The molecule has 0 bridgehead atoms. The van der Waals surface area contributed by atoms with Crippen molar-refractivity contribution in [1.29, 1.82) is 0 Å². The van der Waals surface area contributed by atoms with Crippen LogP contribution in [0.1, 0.15) is 36.1 Å². The van der Waals surface area contributed by atoms with Crippen molar-refractivity contribution in [3.05, 3.63) is 17.7 Å². The predicted molar refractivity (Wildman–Crippen MR) is 80.5 cm³/mol. The van der Waals surface area contributed by atoms with Gasteiger partial charge < -0.3 is 20.1 Å². The zero-order chi connectivity index (χ0) is 15.8. The number of rotatable bonds is 8. The zero-order valence-corrected chi connectivity index (χ0v) is 13.1. The number of aliphatic hydroxyl groups excluding tert-OH is 1. The quantitative estimate of drug-likeness (QED) is 0.735. The molecule has 0 radical (unpaired) electrons. The second kappa shape index (κ2) is 8.53. The maximum atomic E-state index is 12.6. The smallest absolute Gasteiger partial charge is 0.274 e. The van der Waals surface area contributed by atoms with E-state index in [1.54, 1.807) is 20.4 Å². The number of ether oxygens (including phenoxy) is 1. The minimum Gasteiger partial charge on any atom is -0.395 e. The Morgan fingerprint density at radius 2 is 2.19 bits per heavy atom. The Balaban J connectivity index is 3.08. The van der Waals surface area contributed by atoms with E-state index < -0.39 is 0 Å². The minimum atomic E-state index is -0.241. The molecule has 0 aromatic carbocycles. The van der Waals surface area contributed by atoms with Gasteiger partial charge in [-0.2, -0.15) is 0 Å². The highest BCUT2D eigenvalue weighted by Crippen LogP contribution is 2.17. The van der Waals surface area contributed by atoms with Crippen LogP contribution < -0.4 is 5.32 Å². The van der Waals surface area contributed by atoms with Crippen LogP contribution in [0.25, 0.3) is 0 Å². The number of hydrogen-bond donors (Lipinski definition) is 2. The summed E-state index contributed by atoms with van der Waals surface area (Å²) in [5, 5.41) is 12.0. The lowest BCUT2D eigenvalue weighted by Crippen LogP contribution is -2.37. The van der Waals surface area contributed by atoms with E-state index in [4.69, 9.17) is 9.84 Å². The summed E-state index contributed by atoms with van der Waals surface area (Å²) < 4.78 is 5.00. The molecular weight excluding hydrogens is 272 g/mol. The molecule has 1 aromatic heterocycles. The van der Waals surface area contributed by atoms with Gasteiger partial charge >= 0.3 is 0 Å². The Morgan fingerprint density at radius 1 is 1.48 bits per heavy atom. The molecular formula is C14H24N4O3. The van der Waals surface area contributed by atoms with Crippen LogP contribution in [0, 0.1) is 0 Å². The summed E-state index contributed by atoms with van der Waals surface area (Å²) in [6.07, 6.45) is 1.61. The summed E-state index contributed by atoms with van der Waals surface area (Å²) in [7, 11) is 3.29. The molecule has 7 heteroatoms. The molecule has 0 atom stereocenters. The highest BCUT2D eigenvalue weighted by molar-refractivity contribution is 5.97. The van der Waals surface area contributed by atoms with Gasteiger partial charge in [-0.3, -0.25) is 4.79 Å². The van der Waals surface area contributed by atoms with Crippen LogP contribution in [0.4, 0.5) is 5.69 Å². The Hall–Kier alpha value is -1.73. The van der Waals surface area contributed by atoms with E-state index in [2.05, 4.69) is 15.3 Å². The fourth-order valence-corrected chi connectivity index (χ4v) is 1.81. The number of amides is 1. The van der Waals surface area contributed by atoms with Crippen LogP contribution in [0.2, 0.25) is 0 Å². The third kappa shape index (κ3) is 4.64. The number of carbonyl (C=O) groups is 1. The largest absolute Gasteiger partial charge is 0.395 e. The van der Waals surface area contributed by atoms with Gasteiger partial charge in [0.2, 0.25) is 0 Å². The summed E-state index contributed by atoms with van der Waals surface area (Å²) in [6, 6.07) is 0. The van der Waals surface area contributed by atoms with Crippen LogP contribution in [-0.2, 0) is 4.74 Å². The lowest BCUT2D eigenvalue weighted by molar-refractivity contribution is 0.0651. The third-order valence-electron chi connectivity index (χ3n) is 3.02. The van der Waals surface area contributed by atoms with E-state index in [0.29, 0.717) is 30.4 Å². The van der Waals surface area contributed by atoms with E-state index in [9.17, 15) is 4.79 Å². The summed E-state index contributed by atoms with van der Waals surface area (Å²) >= 11 is 0. The topological polar surface area (TPSA) is 87.6 Å². The van der Waals surface area contributed by atoms with E-state index in [1.807, 2.05) is 13.8 Å². The first-order valence-electron chi connectivity index (χ1n) is 6.98. The average Bonchev–Trinajstić information content (AvgIpc) is 2.49. The first kappa shape index (κ1) is 17.3. The number of methoxy groups -OCH3 is 1. The molecule has 21 heavy (non-hydrogen) atoms. The van der Waals surface area contributed by atoms with Gasteiger partial charge in [-0.05, 0) is 0 Å². The summed E-state index contributed by atoms with van der Waals surface area (Å²) in [4.78, 5) is 22.8. The number of carbonyl (C=O) groups excluding carboxylic acids is 1. The third-order valence-corrected chi connectivity index (χ3v) is 3.02. The number of nitrogens with one attached hydrogen (secondary N) is 1. The molecule has 1 amide bonds. The molecule has 0 unspecified atom stereocenters. The number of aromatic nitrogens is 2. The van der Waals surface area contributed by atoms with Crippen molar-refractivity contribution < 1.29 is 14.6 Å². The molecule has 7 nitrogen and oxygen atoms in total. The van der Waals surface area contributed by atoms with Crippen LogP contribution in [-0.4, -0.2) is 66.3 Å². The van der Waals surface area contributed by atoms with Crippen molar-refractivity contribution in [2.75, 3.05) is 45.8 Å². The van der Waals surface area contributed by atoms with Crippen molar-refractivity contribution in [1.82, 2.24) is 14.9 Å².